The SMILES string of the molecule is COc1cccc([C@@H](C)NC(=O)C(CCO)N2Cc3ccccc3C2=O)c1. The molecule has 0 fully saturated rings. The van der Waals surface area contributed by atoms with Gasteiger partial charge >= 0.3 is 0 Å². The van der Waals surface area contributed by atoms with Gasteiger partial charge in [0.2, 0.25) is 5.91 Å². The van der Waals surface area contributed by atoms with Gasteiger partial charge in [0.25, 0.3) is 5.91 Å². The standard InChI is InChI=1S/C21H24N2O4/c1-14(15-7-5-8-17(12-15)27-2)22-20(25)19(10-11-24)23-13-16-6-3-4-9-18(16)21(23)26/h3-9,12,14,19,24H,10-11,13H2,1-2H3,(H,22,25)/t14-,19?/m1/s1. The van der Waals surface area contributed by atoms with Crippen molar-refractivity contribution >= 4 is 11.8 Å². The fraction of sp³-hybridized carbons (Fsp3) is 0.333. The van der Waals surface area contributed by atoms with E-state index in [1.54, 1.807) is 13.2 Å². The van der Waals surface area contributed by atoms with Gasteiger partial charge in [0.05, 0.1) is 13.2 Å². The van der Waals surface area contributed by atoms with E-state index >= 15 is 0 Å². The van der Waals surface area contributed by atoms with Crippen LogP contribution in [0.15, 0.2) is 48.5 Å². The molecule has 27 heavy (non-hydrogen) atoms. The number of aliphatic hydroxyl groups excluding tert-OH is 1. The van der Waals surface area contributed by atoms with Crippen molar-refractivity contribution in [1.82, 2.24) is 10.2 Å². The van der Waals surface area contributed by atoms with Crippen molar-refractivity contribution in [3.8, 4) is 5.75 Å². The number of hydrogen-bond acceptors (Lipinski definition) is 4. The minimum absolute atomic E-state index is 0.173. The van der Waals surface area contributed by atoms with Gasteiger partial charge in [0.15, 0.2) is 0 Å². The number of nitrogens with one attached hydrogen (secondary N) is 1. The third-order valence-electron chi connectivity index (χ3n) is 4.88. The zero-order chi connectivity index (χ0) is 19.4. The van der Waals surface area contributed by atoms with E-state index in [2.05, 4.69) is 5.32 Å². The summed E-state index contributed by atoms with van der Waals surface area (Å²) in [4.78, 5) is 27.1. The molecule has 0 saturated carbocycles. The number of carbonyl (C=O) groups excluding carboxylic acids is 2. The molecule has 142 valence electrons. The predicted molar refractivity (Wildman–Crippen MR) is 101 cm³/mol. The molecular weight excluding hydrogens is 344 g/mol. The van der Waals surface area contributed by atoms with Crippen LogP contribution in [0.25, 0.3) is 0 Å². The van der Waals surface area contributed by atoms with Gasteiger partial charge in [0.1, 0.15) is 11.8 Å². The van der Waals surface area contributed by atoms with E-state index < -0.39 is 6.04 Å². The topological polar surface area (TPSA) is 78.9 Å². The molecule has 0 bridgehead atoms. The van der Waals surface area contributed by atoms with E-state index in [1.165, 1.54) is 4.90 Å². The van der Waals surface area contributed by atoms with Crippen molar-refractivity contribution in [2.75, 3.05) is 13.7 Å². The molecule has 2 amide bonds. The number of hydrogen-bond donors (Lipinski definition) is 2. The molecule has 0 aliphatic carbocycles. The van der Waals surface area contributed by atoms with E-state index in [0.717, 1.165) is 11.1 Å². The maximum absolute atomic E-state index is 12.9. The molecule has 1 heterocycles. The molecule has 6 nitrogen and oxygen atoms in total. The summed E-state index contributed by atoms with van der Waals surface area (Å²) in [6.07, 6.45) is 0.191. The first-order valence-electron chi connectivity index (χ1n) is 8.99. The molecule has 0 saturated heterocycles. The minimum atomic E-state index is -0.719. The Kier molecular flexibility index (Phi) is 5.76. The highest BCUT2D eigenvalue weighted by Crippen LogP contribution is 2.26. The molecule has 2 aromatic carbocycles. The fourth-order valence-corrected chi connectivity index (χ4v) is 3.38. The molecule has 6 heteroatoms. The molecule has 3 rings (SSSR count). The molecule has 0 aromatic heterocycles. The Bertz CT molecular complexity index is 836. The smallest absolute Gasteiger partial charge is 0.255 e. The highest BCUT2D eigenvalue weighted by Gasteiger charge is 2.36. The fourth-order valence-electron chi connectivity index (χ4n) is 3.38. The van der Waals surface area contributed by atoms with Crippen LogP contribution in [0.1, 0.15) is 40.9 Å². The Balaban J connectivity index is 1.75. The Morgan fingerprint density at radius 2 is 2.04 bits per heavy atom. The summed E-state index contributed by atoms with van der Waals surface area (Å²) in [5.74, 6) is 0.263. The van der Waals surface area contributed by atoms with Gasteiger partial charge in [-0.1, -0.05) is 30.3 Å². The number of benzene rings is 2. The Labute approximate surface area is 158 Å². The van der Waals surface area contributed by atoms with Crippen LogP contribution in [0.3, 0.4) is 0 Å². The lowest BCUT2D eigenvalue weighted by Crippen LogP contribution is -2.48. The lowest BCUT2D eigenvalue weighted by Gasteiger charge is -2.28. The summed E-state index contributed by atoms with van der Waals surface area (Å²) in [6.45, 7) is 2.08. The number of nitrogens with zero attached hydrogens (tertiary/aromatic N) is 1. The number of carbonyl (C=O) groups is 2. The van der Waals surface area contributed by atoms with E-state index in [0.29, 0.717) is 17.9 Å². The molecule has 1 aliphatic rings. The normalized spacial score (nSPS) is 15.2. The monoisotopic (exact) mass is 368 g/mol. The van der Waals surface area contributed by atoms with Gasteiger partial charge < -0.3 is 20.1 Å². The second kappa shape index (κ2) is 8.22. The van der Waals surface area contributed by atoms with E-state index in [-0.39, 0.29) is 30.9 Å². The Morgan fingerprint density at radius 3 is 2.74 bits per heavy atom. The number of amides is 2. The van der Waals surface area contributed by atoms with Crippen LogP contribution in [0.4, 0.5) is 0 Å². The maximum Gasteiger partial charge on any atom is 0.255 e. The lowest BCUT2D eigenvalue weighted by atomic mass is 10.1. The first kappa shape index (κ1) is 18.9. The van der Waals surface area contributed by atoms with Crippen LogP contribution < -0.4 is 10.1 Å². The Hall–Kier alpha value is -2.86. The van der Waals surface area contributed by atoms with Crippen molar-refractivity contribution in [2.45, 2.75) is 32.0 Å². The van der Waals surface area contributed by atoms with Crippen LogP contribution in [-0.4, -0.2) is 41.6 Å². The van der Waals surface area contributed by atoms with Crippen LogP contribution in [-0.2, 0) is 11.3 Å². The maximum atomic E-state index is 12.9. The minimum Gasteiger partial charge on any atom is -0.497 e. The van der Waals surface area contributed by atoms with Crippen LogP contribution in [0.2, 0.25) is 0 Å². The zero-order valence-electron chi connectivity index (χ0n) is 15.5. The van der Waals surface area contributed by atoms with Crippen molar-refractivity contribution in [3.05, 3.63) is 65.2 Å². The average Bonchev–Trinajstić information content (AvgIpc) is 3.02. The van der Waals surface area contributed by atoms with Gasteiger partial charge in [-0.3, -0.25) is 9.59 Å². The molecule has 2 aromatic rings. The quantitative estimate of drug-likeness (QED) is 0.786. The highest BCUT2D eigenvalue weighted by molar-refractivity contribution is 6.01. The number of rotatable bonds is 7. The Morgan fingerprint density at radius 1 is 1.26 bits per heavy atom. The van der Waals surface area contributed by atoms with Gasteiger partial charge in [-0.05, 0) is 42.7 Å². The van der Waals surface area contributed by atoms with Crippen molar-refractivity contribution in [2.24, 2.45) is 0 Å². The summed E-state index contributed by atoms with van der Waals surface area (Å²) in [5.41, 5.74) is 2.43. The van der Waals surface area contributed by atoms with Crippen molar-refractivity contribution in [1.29, 1.82) is 0 Å². The third-order valence-corrected chi connectivity index (χ3v) is 4.88. The molecular formula is C21H24N2O4. The van der Waals surface area contributed by atoms with Gasteiger partial charge in [-0.25, -0.2) is 0 Å². The first-order valence-corrected chi connectivity index (χ1v) is 8.99. The van der Waals surface area contributed by atoms with Gasteiger partial charge in [0, 0.05) is 18.7 Å². The van der Waals surface area contributed by atoms with E-state index in [4.69, 9.17) is 4.74 Å². The molecule has 1 aliphatic heterocycles. The summed E-state index contributed by atoms with van der Waals surface area (Å²) in [5, 5.41) is 12.4. The molecule has 0 spiro atoms. The number of aliphatic hydroxyl groups is 1. The second-order valence-electron chi connectivity index (χ2n) is 6.63. The largest absolute Gasteiger partial charge is 0.497 e. The highest BCUT2D eigenvalue weighted by atomic mass is 16.5. The van der Waals surface area contributed by atoms with Gasteiger partial charge in [-0.15, -0.1) is 0 Å². The molecule has 2 atom stereocenters. The van der Waals surface area contributed by atoms with Gasteiger partial charge in [-0.2, -0.15) is 0 Å². The van der Waals surface area contributed by atoms with Crippen LogP contribution in [0.5, 0.6) is 5.75 Å². The summed E-state index contributed by atoms with van der Waals surface area (Å²) < 4.78 is 5.23. The average molecular weight is 368 g/mol. The second-order valence-corrected chi connectivity index (χ2v) is 6.63. The summed E-state index contributed by atoms with van der Waals surface area (Å²) >= 11 is 0. The molecule has 0 radical (unpaired) electrons. The molecule has 1 unspecified atom stereocenters. The van der Waals surface area contributed by atoms with Crippen molar-refractivity contribution < 1.29 is 19.4 Å². The summed E-state index contributed by atoms with van der Waals surface area (Å²) in [6, 6.07) is 13.8. The zero-order valence-corrected chi connectivity index (χ0v) is 15.5. The number of fused-ring (bicyclic) bond motifs is 1. The molecule has 2 N–H and O–H groups in total. The number of methoxy groups -OCH3 is 1. The first-order chi connectivity index (χ1) is 13.0. The van der Waals surface area contributed by atoms with E-state index in [9.17, 15) is 14.7 Å². The number of ether oxygens (including phenoxy) is 1. The van der Waals surface area contributed by atoms with Crippen molar-refractivity contribution in [3.63, 3.8) is 0 Å². The lowest BCUT2D eigenvalue weighted by molar-refractivity contribution is -0.127. The van der Waals surface area contributed by atoms with Crippen LogP contribution >= 0.6 is 0 Å². The van der Waals surface area contributed by atoms with E-state index in [1.807, 2.05) is 49.4 Å². The third kappa shape index (κ3) is 3.95. The predicted octanol–water partition coefficient (Wildman–Crippen LogP) is 2.28. The summed E-state index contributed by atoms with van der Waals surface area (Å²) in [7, 11) is 1.59. The van der Waals surface area contributed by atoms with Crippen LogP contribution in [0, 0.1) is 0 Å².